The van der Waals surface area contributed by atoms with Crippen LogP contribution in [0, 0.1) is 0 Å². The van der Waals surface area contributed by atoms with E-state index >= 15 is 0 Å². The predicted octanol–water partition coefficient (Wildman–Crippen LogP) is -1.17. The van der Waals surface area contributed by atoms with Gasteiger partial charge in [-0.05, 0) is 24.1 Å². The van der Waals surface area contributed by atoms with Gasteiger partial charge in [-0.15, -0.1) is 0 Å². The summed E-state index contributed by atoms with van der Waals surface area (Å²) < 4.78 is 0. The molecule has 1 atom stereocenters. The van der Waals surface area contributed by atoms with Crippen LogP contribution in [0.1, 0.15) is 5.56 Å². The standard InChI is InChI=1S/C19H28N4O7/c20-15-3-1-14(2-4-15)9-16(21-5-8-24)10-22(11-17(25)26)6-7-23(12-18(27)28)13-19(29)30/h1-4,8,16,21H,5-7,9-13,20H2,(H,25,26)(H,27,28)(H,29,30). The van der Waals surface area contributed by atoms with Gasteiger partial charge in [0, 0.05) is 31.4 Å². The fourth-order valence-electron chi connectivity index (χ4n) is 2.97. The number of nitrogens with two attached hydrogens (primary N) is 1. The van der Waals surface area contributed by atoms with Crippen molar-refractivity contribution in [3.05, 3.63) is 29.8 Å². The third-order valence-corrected chi connectivity index (χ3v) is 4.24. The van der Waals surface area contributed by atoms with E-state index in [2.05, 4.69) is 5.32 Å². The van der Waals surface area contributed by atoms with E-state index in [9.17, 15) is 24.3 Å². The van der Waals surface area contributed by atoms with E-state index in [4.69, 9.17) is 15.9 Å². The van der Waals surface area contributed by atoms with Crippen LogP contribution in [0.2, 0.25) is 0 Å². The highest BCUT2D eigenvalue weighted by atomic mass is 16.4. The van der Waals surface area contributed by atoms with Crippen molar-refractivity contribution < 1.29 is 34.5 Å². The van der Waals surface area contributed by atoms with E-state index in [1.165, 1.54) is 4.90 Å². The number of carboxylic acid groups (broad SMARTS) is 3. The minimum Gasteiger partial charge on any atom is -0.480 e. The van der Waals surface area contributed by atoms with Crippen molar-refractivity contribution in [1.82, 2.24) is 15.1 Å². The first-order valence-electron chi connectivity index (χ1n) is 9.31. The molecule has 30 heavy (non-hydrogen) atoms. The number of hydrogen-bond acceptors (Lipinski definition) is 8. The van der Waals surface area contributed by atoms with E-state index in [-0.39, 0.29) is 38.8 Å². The van der Waals surface area contributed by atoms with Crippen molar-refractivity contribution in [1.29, 1.82) is 0 Å². The van der Waals surface area contributed by atoms with Gasteiger partial charge >= 0.3 is 17.9 Å². The van der Waals surface area contributed by atoms with Gasteiger partial charge in [-0.1, -0.05) is 12.1 Å². The Morgan fingerprint density at radius 3 is 1.93 bits per heavy atom. The van der Waals surface area contributed by atoms with Crippen molar-refractivity contribution in [2.24, 2.45) is 0 Å². The third kappa shape index (κ3) is 11.1. The van der Waals surface area contributed by atoms with Crippen LogP contribution in [0.4, 0.5) is 5.69 Å². The second-order valence-corrected chi connectivity index (χ2v) is 6.84. The topological polar surface area (TPSA) is 174 Å². The summed E-state index contributed by atoms with van der Waals surface area (Å²) in [7, 11) is 0. The normalized spacial score (nSPS) is 12.1. The van der Waals surface area contributed by atoms with Gasteiger partial charge in [0.25, 0.3) is 0 Å². The van der Waals surface area contributed by atoms with Gasteiger partial charge in [0.2, 0.25) is 0 Å². The number of carboxylic acids is 3. The molecule has 1 rings (SSSR count). The van der Waals surface area contributed by atoms with E-state index in [0.717, 1.165) is 5.56 Å². The number of anilines is 1. The molecule has 0 heterocycles. The highest BCUT2D eigenvalue weighted by Crippen LogP contribution is 2.09. The SMILES string of the molecule is Nc1ccc(CC(CN(CCN(CC(=O)O)CC(=O)O)CC(=O)O)NCC=O)cc1. The van der Waals surface area contributed by atoms with E-state index in [0.29, 0.717) is 18.4 Å². The lowest BCUT2D eigenvalue weighted by Crippen LogP contribution is -2.48. The largest absolute Gasteiger partial charge is 0.480 e. The molecule has 1 aromatic carbocycles. The zero-order valence-corrected chi connectivity index (χ0v) is 16.6. The lowest BCUT2D eigenvalue weighted by molar-refractivity contribution is -0.143. The molecule has 0 aliphatic heterocycles. The number of nitrogens with zero attached hydrogens (tertiary/aromatic N) is 2. The maximum absolute atomic E-state index is 11.3. The van der Waals surface area contributed by atoms with Gasteiger partial charge < -0.3 is 31.2 Å². The molecule has 0 spiro atoms. The van der Waals surface area contributed by atoms with Crippen LogP contribution in [0.5, 0.6) is 0 Å². The summed E-state index contributed by atoms with van der Waals surface area (Å²) in [5.74, 6) is -3.41. The van der Waals surface area contributed by atoms with Gasteiger partial charge in [-0.2, -0.15) is 0 Å². The molecule has 1 aromatic rings. The van der Waals surface area contributed by atoms with E-state index in [1.54, 1.807) is 17.0 Å². The van der Waals surface area contributed by atoms with Gasteiger partial charge in [0.15, 0.2) is 0 Å². The summed E-state index contributed by atoms with van der Waals surface area (Å²) in [5, 5.41) is 30.1. The van der Waals surface area contributed by atoms with Crippen LogP contribution in [-0.4, -0.2) is 101 Å². The minimum absolute atomic E-state index is 0.0636. The Kier molecular flexibility index (Phi) is 11.0. The Bertz CT molecular complexity index is 695. The number of nitrogen functional groups attached to an aromatic ring is 1. The van der Waals surface area contributed by atoms with Crippen LogP contribution >= 0.6 is 0 Å². The second-order valence-electron chi connectivity index (χ2n) is 6.84. The first-order chi connectivity index (χ1) is 14.2. The number of nitrogens with one attached hydrogen (secondary N) is 1. The molecule has 0 fully saturated rings. The molecule has 0 aliphatic carbocycles. The number of aliphatic carboxylic acids is 3. The highest BCUT2D eigenvalue weighted by molar-refractivity contribution is 5.72. The number of carbonyl (C=O) groups excluding carboxylic acids is 1. The van der Waals surface area contributed by atoms with Crippen molar-refractivity contribution in [3.8, 4) is 0 Å². The summed E-state index contributed by atoms with van der Waals surface area (Å²) >= 11 is 0. The highest BCUT2D eigenvalue weighted by Gasteiger charge is 2.20. The minimum atomic E-state index is -1.17. The van der Waals surface area contributed by atoms with Gasteiger partial charge in [0.1, 0.15) is 6.29 Å². The number of hydrogen-bond donors (Lipinski definition) is 5. The van der Waals surface area contributed by atoms with Gasteiger partial charge in [-0.25, -0.2) is 0 Å². The number of rotatable bonds is 16. The predicted molar refractivity (Wildman–Crippen MR) is 108 cm³/mol. The molecular weight excluding hydrogens is 396 g/mol. The lowest BCUT2D eigenvalue weighted by atomic mass is 10.0. The van der Waals surface area contributed by atoms with Crippen LogP contribution in [0.15, 0.2) is 24.3 Å². The maximum atomic E-state index is 11.3. The monoisotopic (exact) mass is 424 g/mol. The summed E-state index contributed by atoms with van der Waals surface area (Å²) in [6.45, 7) is -0.683. The van der Waals surface area contributed by atoms with Crippen LogP contribution in [0.25, 0.3) is 0 Å². The second kappa shape index (κ2) is 13.2. The Morgan fingerprint density at radius 2 is 1.43 bits per heavy atom. The van der Waals surface area contributed by atoms with E-state index in [1.807, 2.05) is 12.1 Å². The van der Waals surface area contributed by atoms with Crippen molar-refractivity contribution in [2.75, 3.05) is 51.5 Å². The molecule has 6 N–H and O–H groups in total. The summed E-state index contributed by atoms with van der Waals surface area (Å²) in [4.78, 5) is 46.7. The molecule has 166 valence electrons. The lowest BCUT2D eigenvalue weighted by Gasteiger charge is -2.29. The third-order valence-electron chi connectivity index (χ3n) is 4.24. The Morgan fingerprint density at radius 1 is 0.933 bits per heavy atom. The van der Waals surface area contributed by atoms with Crippen LogP contribution in [0.3, 0.4) is 0 Å². The fourth-order valence-corrected chi connectivity index (χ4v) is 2.97. The molecule has 0 bridgehead atoms. The fraction of sp³-hybridized carbons (Fsp3) is 0.474. The molecule has 0 saturated carbocycles. The number of aldehydes is 1. The Balaban J connectivity index is 2.83. The molecule has 11 nitrogen and oxygen atoms in total. The first-order valence-corrected chi connectivity index (χ1v) is 9.31. The number of carbonyl (C=O) groups is 4. The molecule has 11 heteroatoms. The molecule has 0 aliphatic rings. The summed E-state index contributed by atoms with van der Waals surface area (Å²) in [5.41, 5.74) is 7.24. The maximum Gasteiger partial charge on any atom is 0.317 e. The average molecular weight is 424 g/mol. The molecule has 0 saturated heterocycles. The van der Waals surface area contributed by atoms with Crippen molar-refractivity contribution in [2.45, 2.75) is 12.5 Å². The first kappa shape index (κ1) is 25.0. The quantitative estimate of drug-likeness (QED) is 0.160. The zero-order chi connectivity index (χ0) is 22.5. The average Bonchev–Trinajstić information content (AvgIpc) is 2.64. The van der Waals surface area contributed by atoms with E-state index < -0.39 is 31.0 Å². The van der Waals surface area contributed by atoms with Gasteiger partial charge in [0.05, 0.1) is 26.2 Å². The van der Waals surface area contributed by atoms with Crippen molar-refractivity contribution >= 4 is 29.9 Å². The van der Waals surface area contributed by atoms with Crippen molar-refractivity contribution in [3.63, 3.8) is 0 Å². The summed E-state index contributed by atoms with van der Waals surface area (Å²) in [6, 6.07) is 6.92. The molecule has 0 radical (unpaired) electrons. The Labute approximate surface area is 174 Å². The van der Waals surface area contributed by atoms with Crippen LogP contribution in [-0.2, 0) is 25.6 Å². The molecule has 0 aromatic heterocycles. The Hall–Kier alpha value is -3.02. The molecular formula is C19H28N4O7. The smallest absolute Gasteiger partial charge is 0.317 e. The van der Waals surface area contributed by atoms with Gasteiger partial charge in [-0.3, -0.25) is 24.2 Å². The zero-order valence-electron chi connectivity index (χ0n) is 16.6. The molecule has 1 unspecified atom stereocenters. The molecule has 0 amide bonds. The number of benzene rings is 1. The summed E-state index contributed by atoms with van der Waals surface area (Å²) in [6.07, 6.45) is 1.22. The van der Waals surface area contributed by atoms with Crippen LogP contribution < -0.4 is 11.1 Å².